The predicted octanol–water partition coefficient (Wildman–Crippen LogP) is 1.31. The molecule has 0 aliphatic carbocycles. The topological polar surface area (TPSA) is 25.0 Å². The summed E-state index contributed by atoms with van der Waals surface area (Å²) in [7, 11) is 3.90. The van der Waals surface area contributed by atoms with Gasteiger partial charge in [-0.05, 0) is 31.4 Å². The first-order valence-corrected chi connectivity index (χ1v) is 5.79. The fourth-order valence-corrected chi connectivity index (χ4v) is 2.21. The highest BCUT2D eigenvalue weighted by Gasteiger charge is 2.07. The van der Waals surface area contributed by atoms with Crippen LogP contribution in [-0.2, 0) is 11.2 Å². The maximum Gasteiger partial charge on any atom is 0.139 e. The number of hydrogen-bond donors (Lipinski definition) is 1. The summed E-state index contributed by atoms with van der Waals surface area (Å²) in [5, 5.41) is 1.37. The van der Waals surface area contributed by atoms with Crippen molar-refractivity contribution in [3.05, 3.63) is 29.5 Å². The Morgan fingerprint density at radius 3 is 2.94 bits per heavy atom. The molecule has 0 amide bonds. The number of H-pyrrole nitrogens is 1. The summed E-state index contributed by atoms with van der Waals surface area (Å²) < 4.78 is 5.11. The third-order valence-corrected chi connectivity index (χ3v) is 3.05. The second-order valence-electron chi connectivity index (χ2n) is 4.37. The van der Waals surface area contributed by atoms with Crippen LogP contribution >= 0.6 is 0 Å². The minimum Gasteiger partial charge on any atom is -0.385 e. The number of benzene rings is 1. The lowest BCUT2D eigenvalue weighted by atomic mass is 9.93. The molecule has 2 aromatic rings. The van der Waals surface area contributed by atoms with Gasteiger partial charge < -0.3 is 9.72 Å². The van der Waals surface area contributed by atoms with Crippen molar-refractivity contribution in [3.8, 4) is 0 Å². The highest BCUT2D eigenvalue weighted by molar-refractivity contribution is 6.33. The van der Waals surface area contributed by atoms with Gasteiger partial charge in [0.05, 0.1) is 0 Å². The summed E-state index contributed by atoms with van der Waals surface area (Å²) in [5.41, 5.74) is 5.29. The molecule has 0 aliphatic heterocycles. The fourth-order valence-electron chi connectivity index (χ4n) is 2.21. The van der Waals surface area contributed by atoms with Crippen LogP contribution in [0.15, 0.2) is 18.2 Å². The maximum absolute atomic E-state index is 5.11. The van der Waals surface area contributed by atoms with E-state index < -0.39 is 0 Å². The molecule has 1 aromatic heterocycles. The van der Waals surface area contributed by atoms with Gasteiger partial charge in [0.2, 0.25) is 0 Å². The minimum atomic E-state index is 0.831. The van der Waals surface area contributed by atoms with Gasteiger partial charge in [-0.25, -0.2) is 0 Å². The Bertz CT molecular complexity index is 490. The molecule has 1 heterocycles. The van der Waals surface area contributed by atoms with Crippen LogP contribution in [0.3, 0.4) is 0 Å². The van der Waals surface area contributed by atoms with Gasteiger partial charge in [-0.1, -0.05) is 17.6 Å². The largest absolute Gasteiger partial charge is 0.385 e. The van der Waals surface area contributed by atoms with Gasteiger partial charge in [0.25, 0.3) is 0 Å². The number of rotatable bonds is 4. The number of hydrogen-bond acceptors (Lipinski definition) is 1. The first-order chi connectivity index (χ1) is 7.72. The number of aryl methyl sites for hydroxylation is 2. The first-order valence-electron chi connectivity index (χ1n) is 5.79. The highest BCUT2D eigenvalue weighted by atomic mass is 16.5. The van der Waals surface area contributed by atoms with Gasteiger partial charge >= 0.3 is 0 Å². The Morgan fingerprint density at radius 2 is 2.19 bits per heavy atom. The van der Waals surface area contributed by atoms with Crippen LogP contribution in [0.2, 0.25) is 0 Å². The monoisotopic (exact) mass is 215 g/mol. The van der Waals surface area contributed by atoms with Crippen molar-refractivity contribution in [1.82, 2.24) is 4.98 Å². The lowest BCUT2D eigenvalue weighted by Gasteiger charge is -2.01. The van der Waals surface area contributed by atoms with Crippen molar-refractivity contribution in [2.75, 3.05) is 13.7 Å². The van der Waals surface area contributed by atoms with Crippen LogP contribution in [0.4, 0.5) is 0 Å². The third-order valence-electron chi connectivity index (χ3n) is 3.05. The smallest absolute Gasteiger partial charge is 0.139 e. The molecule has 0 bridgehead atoms. The molecule has 16 heavy (non-hydrogen) atoms. The van der Waals surface area contributed by atoms with E-state index in [1.165, 1.54) is 27.6 Å². The van der Waals surface area contributed by atoms with E-state index in [1.807, 2.05) is 0 Å². The van der Waals surface area contributed by atoms with Crippen molar-refractivity contribution >= 4 is 24.2 Å². The van der Waals surface area contributed by atoms with Crippen LogP contribution in [0, 0.1) is 6.92 Å². The molecule has 3 heteroatoms. The average molecular weight is 215 g/mol. The number of methoxy groups -OCH3 is 1. The summed E-state index contributed by atoms with van der Waals surface area (Å²) in [6.07, 6.45) is 2.17. The summed E-state index contributed by atoms with van der Waals surface area (Å²) in [6.45, 7) is 2.98. The summed E-state index contributed by atoms with van der Waals surface area (Å²) in [4.78, 5) is 3.44. The van der Waals surface area contributed by atoms with Crippen molar-refractivity contribution < 1.29 is 4.74 Å². The molecule has 0 atom stereocenters. The number of aromatic nitrogens is 1. The Labute approximate surface area is 97.4 Å². The van der Waals surface area contributed by atoms with Crippen LogP contribution in [0.25, 0.3) is 10.9 Å². The molecule has 1 aromatic carbocycles. The maximum atomic E-state index is 5.11. The molecule has 84 valence electrons. The van der Waals surface area contributed by atoms with Crippen LogP contribution < -0.4 is 5.46 Å². The number of nitrogens with one attached hydrogen (secondary N) is 1. The summed E-state index contributed by atoms with van der Waals surface area (Å²) in [6, 6.07) is 6.58. The van der Waals surface area contributed by atoms with Gasteiger partial charge in [0, 0.05) is 30.3 Å². The normalized spacial score (nSPS) is 11.1. The molecule has 2 nitrogen and oxygen atoms in total. The first kappa shape index (κ1) is 11.3. The van der Waals surface area contributed by atoms with Crippen LogP contribution in [0.5, 0.6) is 0 Å². The zero-order chi connectivity index (χ0) is 11.5. The van der Waals surface area contributed by atoms with Crippen molar-refractivity contribution in [2.24, 2.45) is 0 Å². The van der Waals surface area contributed by atoms with E-state index in [-0.39, 0.29) is 0 Å². The fraction of sp³-hybridized carbons (Fsp3) is 0.385. The molecule has 0 fully saturated rings. The Hall–Kier alpha value is -1.22. The standard InChI is InChI=1S/C13H18BNO/c1-9-11(4-3-7-16-2)12-8-10(14)5-6-13(12)15-9/h5-6,8,15H,3-4,7,14H2,1-2H3. The lowest BCUT2D eigenvalue weighted by Crippen LogP contribution is -2.00. The second-order valence-corrected chi connectivity index (χ2v) is 4.37. The molecule has 0 saturated carbocycles. The van der Waals surface area contributed by atoms with Crippen molar-refractivity contribution in [3.63, 3.8) is 0 Å². The predicted molar refractivity (Wildman–Crippen MR) is 71.4 cm³/mol. The van der Waals surface area contributed by atoms with Crippen LogP contribution in [-0.4, -0.2) is 26.5 Å². The van der Waals surface area contributed by atoms with E-state index in [0.717, 1.165) is 19.4 Å². The van der Waals surface area contributed by atoms with Crippen LogP contribution in [0.1, 0.15) is 17.7 Å². The lowest BCUT2D eigenvalue weighted by molar-refractivity contribution is 0.195. The molecule has 0 spiro atoms. The molecule has 2 rings (SSSR count). The van der Waals surface area contributed by atoms with Crippen molar-refractivity contribution in [1.29, 1.82) is 0 Å². The number of aromatic amines is 1. The summed E-state index contributed by atoms with van der Waals surface area (Å²) in [5.74, 6) is 0. The van der Waals surface area contributed by atoms with Gasteiger partial charge in [-0.3, -0.25) is 0 Å². The number of ether oxygens (including phenoxy) is 1. The molecule has 1 N–H and O–H groups in total. The van der Waals surface area contributed by atoms with E-state index in [0.29, 0.717) is 0 Å². The zero-order valence-electron chi connectivity index (χ0n) is 10.3. The quantitative estimate of drug-likeness (QED) is 0.603. The minimum absolute atomic E-state index is 0.831. The highest BCUT2D eigenvalue weighted by Crippen LogP contribution is 2.22. The summed E-state index contributed by atoms with van der Waals surface area (Å²) >= 11 is 0. The third kappa shape index (κ3) is 2.14. The van der Waals surface area contributed by atoms with E-state index in [9.17, 15) is 0 Å². The van der Waals surface area contributed by atoms with Gasteiger partial charge in [0.1, 0.15) is 7.85 Å². The Morgan fingerprint density at radius 1 is 1.38 bits per heavy atom. The van der Waals surface area contributed by atoms with E-state index >= 15 is 0 Å². The van der Waals surface area contributed by atoms with Gasteiger partial charge in [0.15, 0.2) is 0 Å². The number of fused-ring (bicyclic) bond motifs is 1. The molecule has 0 radical (unpaired) electrons. The average Bonchev–Trinajstić information content (AvgIpc) is 2.56. The molecule has 0 aliphatic rings. The Balaban J connectivity index is 2.34. The van der Waals surface area contributed by atoms with Gasteiger partial charge in [-0.2, -0.15) is 0 Å². The Kier molecular flexibility index (Phi) is 3.35. The zero-order valence-corrected chi connectivity index (χ0v) is 10.3. The molecular formula is C13H18BNO. The van der Waals surface area contributed by atoms with Gasteiger partial charge in [-0.15, -0.1) is 0 Å². The second kappa shape index (κ2) is 4.75. The molecular weight excluding hydrogens is 197 g/mol. The van der Waals surface area contributed by atoms with E-state index in [2.05, 4.69) is 38.0 Å². The SMILES string of the molecule is Bc1ccc2[nH]c(C)c(CCCOC)c2c1. The van der Waals surface area contributed by atoms with Crippen molar-refractivity contribution in [2.45, 2.75) is 19.8 Å². The van der Waals surface area contributed by atoms with E-state index in [1.54, 1.807) is 7.11 Å². The molecule has 0 saturated heterocycles. The van der Waals surface area contributed by atoms with E-state index in [4.69, 9.17) is 4.74 Å². The molecule has 0 unspecified atom stereocenters.